The number of aromatic nitrogens is 2. The van der Waals surface area contributed by atoms with Crippen molar-refractivity contribution in [2.24, 2.45) is 0 Å². The summed E-state index contributed by atoms with van der Waals surface area (Å²) in [5.41, 5.74) is 0. The Balaban J connectivity index is 2.29. The highest BCUT2D eigenvalue weighted by atomic mass is 35.7. The highest BCUT2D eigenvalue weighted by Gasteiger charge is 2.22. The van der Waals surface area contributed by atoms with Crippen LogP contribution in [0, 0.1) is 0 Å². The summed E-state index contributed by atoms with van der Waals surface area (Å²) in [5.74, 6) is 0. The van der Waals surface area contributed by atoms with Crippen LogP contribution in [0.5, 0.6) is 0 Å². The van der Waals surface area contributed by atoms with Crippen LogP contribution in [0.25, 0.3) is 0 Å². The van der Waals surface area contributed by atoms with Crippen LogP contribution in [-0.2, 0) is 9.05 Å². The van der Waals surface area contributed by atoms with Crippen LogP contribution in [0.3, 0.4) is 0 Å². The second-order valence-corrected chi connectivity index (χ2v) is 6.71. The summed E-state index contributed by atoms with van der Waals surface area (Å²) in [5, 5.41) is 4.23. The fourth-order valence-corrected chi connectivity index (χ4v) is 3.28. The molecule has 0 aliphatic heterocycles. The Labute approximate surface area is 100 Å². The summed E-state index contributed by atoms with van der Waals surface area (Å²) in [7, 11) is 1.70. The fourth-order valence-electron chi connectivity index (χ4n) is 2.27. The summed E-state index contributed by atoms with van der Waals surface area (Å²) in [6, 6.07) is 1.65. The molecule has 1 aliphatic carbocycles. The van der Waals surface area contributed by atoms with Gasteiger partial charge in [-0.25, -0.2) is 13.1 Å². The highest BCUT2D eigenvalue weighted by Crippen LogP contribution is 2.29. The first-order chi connectivity index (χ1) is 7.59. The number of hydrogen-bond donors (Lipinski definition) is 0. The molecule has 0 N–H and O–H groups in total. The van der Waals surface area contributed by atoms with Gasteiger partial charge in [-0.2, -0.15) is 5.10 Å². The van der Waals surface area contributed by atoms with E-state index in [2.05, 4.69) is 5.10 Å². The lowest BCUT2D eigenvalue weighted by Gasteiger charge is -2.16. The largest absolute Gasteiger partial charge is 0.278 e. The van der Waals surface area contributed by atoms with E-state index in [4.69, 9.17) is 10.7 Å². The third-order valence-corrected chi connectivity index (χ3v) is 4.35. The van der Waals surface area contributed by atoms with Crippen molar-refractivity contribution in [3.8, 4) is 0 Å². The SMILES string of the molecule is O=S(=O)(Cl)c1ccnn1C1CCCCCC1. The maximum Gasteiger partial charge on any atom is 0.278 e. The second kappa shape index (κ2) is 4.75. The summed E-state index contributed by atoms with van der Waals surface area (Å²) < 4.78 is 24.3. The van der Waals surface area contributed by atoms with E-state index in [9.17, 15) is 8.42 Å². The van der Waals surface area contributed by atoms with Gasteiger partial charge < -0.3 is 0 Å². The molecule has 90 valence electrons. The Morgan fingerprint density at radius 1 is 1.25 bits per heavy atom. The van der Waals surface area contributed by atoms with E-state index in [-0.39, 0.29) is 11.1 Å². The molecular formula is C10H15ClN2O2S. The Morgan fingerprint density at radius 2 is 1.88 bits per heavy atom. The molecule has 1 heterocycles. The number of nitrogens with zero attached hydrogens (tertiary/aromatic N) is 2. The van der Waals surface area contributed by atoms with Gasteiger partial charge in [0.2, 0.25) is 0 Å². The van der Waals surface area contributed by atoms with Gasteiger partial charge in [0, 0.05) is 10.7 Å². The minimum absolute atomic E-state index is 0.126. The van der Waals surface area contributed by atoms with Crippen molar-refractivity contribution in [2.75, 3.05) is 0 Å². The van der Waals surface area contributed by atoms with Crippen molar-refractivity contribution in [3.05, 3.63) is 12.3 Å². The molecule has 1 fully saturated rings. The maximum absolute atomic E-state index is 11.3. The molecule has 0 atom stereocenters. The molecule has 0 spiro atoms. The van der Waals surface area contributed by atoms with E-state index in [1.165, 1.54) is 25.1 Å². The van der Waals surface area contributed by atoms with Crippen LogP contribution >= 0.6 is 10.7 Å². The van der Waals surface area contributed by atoms with Crippen molar-refractivity contribution >= 4 is 19.7 Å². The predicted molar refractivity (Wildman–Crippen MR) is 62.0 cm³/mol. The van der Waals surface area contributed by atoms with Crippen LogP contribution in [0.15, 0.2) is 17.3 Å². The molecule has 0 saturated heterocycles. The Bertz CT molecular complexity index is 447. The molecule has 1 aromatic rings. The van der Waals surface area contributed by atoms with E-state index >= 15 is 0 Å². The van der Waals surface area contributed by atoms with E-state index in [0.717, 1.165) is 25.7 Å². The highest BCUT2D eigenvalue weighted by molar-refractivity contribution is 8.13. The smallest absolute Gasteiger partial charge is 0.250 e. The van der Waals surface area contributed by atoms with Gasteiger partial charge in [-0.3, -0.25) is 0 Å². The Hall–Kier alpha value is -0.550. The Morgan fingerprint density at radius 3 is 2.44 bits per heavy atom. The zero-order valence-corrected chi connectivity index (χ0v) is 10.5. The quantitative estimate of drug-likeness (QED) is 0.608. The van der Waals surface area contributed by atoms with Crippen molar-refractivity contribution in [3.63, 3.8) is 0 Å². The molecule has 1 aliphatic rings. The van der Waals surface area contributed by atoms with Gasteiger partial charge in [0.15, 0.2) is 5.03 Å². The second-order valence-electron chi connectivity index (χ2n) is 4.20. The summed E-state index contributed by atoms with van der Waals surface area (Å²) in [4.78, 5) is 0. The van der Waals surface area contributed by atoms with Crippen molar-refractivity contribution < 1.29 is 8.42 Å². The normalized spacial score (nSPS) is 19.6. The van der Waals surface area contributed by atoms with Gasteiger partial charge in [-0.1, -0.05) is 25.7 Å². The zero-order valence-electron chi connectivity index (χ0n) is 8.97. The summed E-state index contributed by atoms with van der Waals surface area (Å²) in [6.07, 6.45) is 8.18. The number of rotatable bonds is 2. The predicted octanol–water partition coefficient (Wildman–Crippen LogP) is 2.71. The molecule has 6 heteroatoms. The lowest BCUT2D eigenvalue weighted by Crippen LogP contribution is -2.14. The van der Waals surface area contributed by atoms with E-state index in [1.54, 1.807) is 4.68 Å². The van der Waals surface area contributed by atoms with E-state index < -0.39 is 9.05 Å². The molecule has 4 nitrogen and oxygen atoms in total. The zero-order chi connectivity index (χ0) is 11.6. The van der Waals surface area contributed by atoms with Gasteiger partial charge >= 0.3 is 0 Å². The minimum atomic E-state index is -3.68. The molecule has 0 amide bonds. The topological polar surface area (TPSA) is 52.0 Å². The average Bonchev–Trinajstić information content (AvgIpc) is 2.55. The third-order valence-electron chi connectivity index (χ3n) is 3.05. The van der Waals surface area contributed by atoms with Gasteiger partial charge in [-0.05, 0) is 18.9 Å². The summed E-state index contributed by atoms with van der Waals surface area (Å²) in [6.45, 7) is 0. The summed E-state index contributed by atoms with van der Waals surface area (Å²) >= 11 is 0. The molecule has 1 aromatic heterocycles. The molecule has 0 aromatic carbocycles. The van der Waals surface area contributed by atoms with Gasteiger partial charge in [-0.15, -0.1) is 0 Å². The van der Waals surface area contributed by atoms with Crippen molar-refractivity contribution in [2.45, 2.75) is 49.6 Å². The molecule has 2 rings (SSSR count). The maximum atomic E-state index is 11.3. The molecule has 0 radical (unpaired) electrons. The first-order valence-corrected chi connectivity index (χ1v) is 7.88. The monoisotopic (exact) mass is 262 g/mol. The van der Waals surface area contributed by atoms with Crippen LogP contribution in [0.4, 0.5) is 0 Å². The van der Waals surface area contributed by atoms with Gasteiger partial charge in [0.1, 0.15) is 0 Å². The number of hydrogen-bond acceptors (Lipinski definition) is 3. The first kappa shape index (κ1) is 11.9. The van der Waals surface area contributed by atoms with E-state index in [0.29, 0.717) is 0 Å². The van der Waals surface area contributed by atoms with Crippen LogP contribution in [0.2, 0.25) is 0 Å². The van der Waals surface area contributed by atoms with Crippen molar-refractivity contribution in [1.82, 2.24) is 9.78 Å². The third kappa shape index (κ3) is 2.58. The Kier molecular flexibility index (Phi) is 3.54. The first-order valence-electron chi connectivity index (χ1n) is 5.57. The number of halogens is 1. The molecular weight excluding hydrogens is 248 g/mol. The fraction of sp³-hybridized carbons (Fsp3) is 0.700. The molecule has 0 bridgehead atoms. The van der Waals surface area contributed by atoms with E-state index in [1.807, 2.05) is 0 Å². The molecule has 0 unspecified atom stereocenters. The minimum Gasteiger partial charge on any atom is -0.250 e. The van der Waals surface area contributed by atoms with Gasteiger partial charge in [0.25, 0.3) is 9.05 Å². The van der Waals surface area contributed by atoms with Crippen LogP contribution < -0.4 is 0 Å². The van der Waals surface area contributed by atoms with Crippen molar-refractivity contribution in [1.29, 1.82) is 0 Å². The molecule has 16 heavy (non-hydrogen) atoms. The standard InChI is InChI=1S/C10H15ClN2O2S/c11-16(14,15)10-7-8-12-13(10)9-5-3-1-2-4-6-9/h7-9H,1-6H2. The van der Waals surface area contributed by atoms with Crippen LogP contribution in [-0.4, -0.2) is 18.2 Å². The lowest BCUT2D eigenvalue weighted by molar-refractivity contribution is 0.377. The average molecular weight is 263 g/mol. The molecule has 1 saturated carbocycles. The lowest BCUT2D eigenvalue weighted by atomic mass is 10.1. The van der Waals surface area contributed by atoms with Gasteiger partial charge in [0.05, 0.1) is 12.2 Å². The van der Waals surface area contributed by atoms with Crippen LogP contribution in [0.1, 0.15) is 44.6 Å².